The van der Waals surface area contributed by atoms with Crippen molar-refractivity contribution >= 4 is 24.0 Å². The van der Waals surface area contributed by atoms with Crippen molar-refractivity contribution in [2.75, 3.05) is 18.4 Å². The first-order valence-corrected chi connectivity index (χ1v) is 8.15. The fourth-order valence-electron chi connectivity index (χ4n) is 2.87. The second-order valence-corrected chi connectivity index (χ2v) is 6.17. The van der Waals surface area contributed by atoms with E-state index >= 15 is 0 Å². The summed E-state index contributed by atoms with van der Waals surface area (Å²) >= 11 is 0. The minimum absolute atomic E-state index is 0. The molecule has 1 atom stereocenters. The molecule has 1 aliphatic rings. The normalized spacial score (nSPS) is 17.0. The summed E-state index contributed by atoms with van der Waals surface area (Å²) in [6.45, 7) is 1.94. The predicted molar refractivity (Wildman–Crippen MR) is 94.7 cm³/mol. The monoisotopic (exact) mass is 388 g/mol. The molecule has 26 heavy (non-hydrogen) atoms. The molecule has 1 unspecified atom stereocenters. The van der Waals surface area contributed by atoms with Crippen LogP contribution in [0.3, 0.4) is 0 Å². The molecular formula is C17H20ClF3N4O. The number of amides is 1. The van der Waals surface area contributed by atoms with Gasteiger partial charge in [-0.05, 0) is 50.0 Å². The standard InChI is InChI=1S/C17H19F3N4O.ClH/c18-17(19,20)13-2-1-3-15(8-13)24-11-14(10-22-24)23-16(25)5-4-12-6-7-21-9-12;/h1-3,8,10-12,21H,4-7,9H2,(H,23,25);1H. The number of rotatable bonds is 5. The smallest absolute Gasteiger partial charge is 0.323 e. The van der Waals surface area contributed by atoms with Crippen molar-refractivity contribution in [1.82, 2.24) is 15.1 Å². The summed E-state index contributed by atoms with van der Waals surface area (Å²) in [5, 5.41) is 10.0. The van der Waals surface area contributed by atoms with Gasteiger partial charge < -0.3 is 10.6 Å². The van der Waals surface area contributed by atoms with E-state index in [9.17, 15) is 18.0 Å². The van der Waals surface area contributed by atoms with Crippen LogP contribution in [0.15, 0.2) is 36.7 Å². The van der Waals surface area contributed by atoms with Crippen LogP contribution in [0.1, 0.15) is 24.8 Å². The van der Waals surface area contributed by atoms with E-state index in [2.05, 4.69) is 15.7 Å². The van der Waals surface area contributed by atoms with E-state index in [0.717, 1.165) is 38.1 Å². The van der Waals surface area contributed by atoms with Crippen LogP contribution in [-0.4, -0.2) is 28.8 Å². The molecule has 2 aromatic rings. The molecule has 0 aliphatic carbocycles. The molecule has 0 bridgehead atoms. The number of carbonyl (C=O) groups excluding carboxylic acids is 1. The van der Waals surface area contributed by atoms with Gasteiger partial charge >= 0.3 is 6.18 Å². The number of benzene rings is 1. The lowest BCUT2D eigenvalue weighted by atomic mass is 10.0. The first-order valence-electron chi connectivity index (χ1n) is 8.15. The van der Waals surface area contributed by atoms with Gasteiger partial charge in [0, 0.05) is 6.42 Å². The molecular weight excluding hydrogens is 369 g/mol. The number of carbonyl (C=O) groups is 1. The highest BCUT2D eigenvalue weighted by Gasteiger charge is 2.30. The van der Waals surface area contributed by atoms with Gasteiger partial charge in [0.25, 0.3) is 0 Å². The number of hydrogen-bond donors (Lipinski definition) is 2. The summed E-state index contributed by atoms with van der Waals surface area (Å²) in [4.78, 5) is 12.0. The number of halogens is 4. The van der Waals surface area contributed by atoms with E-state index < -0.39 is 11.7 Å². The van der Waals surface area contributed by atoms with E-state index in [1.54, 1.807) is 0 Å². The zero-order chi connectivity index (χ0) is 17.9. The van der Waals surface area contributed by atoms with Gasteiger partial charge in [0.15, 0.2) is 0 Å². The number of nitrogens with one attached hydrogen (secondary N) is 2. The Morgan fingerprint density at radius 2 is 2.19 bits per heavy atom. The van der Waals surface area contributed by atoms with Crippen LogP contribution in [0.5, 0.6) is 0 Å². The Kier molecular flexibility index (Phi) is 6.66. The summed E-state index contributed by atoms with van der Waals surface area (Å²) < 4.78 is 39.7. The van der Waals surface area contributed by atoms with Crippen molar-refractivity contribution in [2.24, 2.45) is 5.92 Å². The molecule has 1 aromatic heterocycles. The number of anilines is 1. The Morgan fingerprint density at radius 3 is 2.88 bits per heavy atom. The molecule has 0 saturated carbocycles. The van der Waals surface area contributed by atoms with Crippen LogP contribution in [0.2, 0.25) is 0 Å². The molecule has 9 heteroatoms. The van der Waals surface area contributed by atoms with Gasteiger partial charge in [-0.15, -0.1) is 12.4 Å². The van der Waals surface area contributed by atoms with Gasteiger partial charge in [-0.1, -0.05) is 6.07 Å². The summed E-state index contributed by atoms with van der Waals surface area (Å²) in [5.41, 5.74) is 0.00979. The fraction of sp³-hybridized carbons (Fsp3) is 0.412. The first kappa shape index (κ1) is 20.3. The third-order valence-corrected chi connectivity index (χ3v) is 4.25. The minimum atomic E-state index is -4.41. The Labute approximate surface area is 155 Å². The van der Waals surface area contributed by atoms with Gasteiger partial charge in [-0.25, -0.2) is 4.68 Å². The Hall–Kier alpha value is -2.06. The van der Waals surface area contributed by atoms with Crippen LogP contribution in [-0.2, 0) is 11.0 Å². The molecule has 142 valence electrons. The van der Waals surface area contributed by atoms with Gasteiger partial charge in [0.05, 0.1) is 29.3 Å². The molecule has 2 heterocycles. The number of hydrogen-bond acceptors (Lipinski definition) is 3. The zero-order valence-electron chi connectivity index (χ0n) is 13.9. The van der Waals surface area contributed by atoms with E-state index in [1.807, 2.05) is 0 Å². The Bertz CT molecular complexity index is 742. The number of nitrogens with zero attached hydrogens (tertiary/aromatic N) is 2. The number of aromatic nitrogens is 2. The number of alkyl halides is 3. The summed E-state index contributed by atoms with van der Waals surface area (Å²) in [6, 6.07) is 4.88. The maximum Gasteiger partial charge on any atom is 0.416 e. The predicted octanol–water partition coefficient (Wildman–Crippen LogP) is 3.64. The van der Waals surface area contributed by atoms with Crippen molar-refractivity contribution < 1.29 is 18.0 Å². The molecule has 5 nitrogen and oxygen atoms in total. The molecule has 1 saturated heterocycles. The van der Waals surface area contributed by atoms with Gasteiger partial charge in [0.1, 0.15) is 0 Å². The van der Waals surface area contributed by atoms with E-state index in [1.165, 1.54) is 29.2 Å². The topological polar surface area (TPSA) is 59.0 Å². The van der Waals surface area contributed by atoms with E-state index in [-0.39, 0.29) is 24.0 Å². The molecule has 1 aliphatic heterocycles. The lowest BCUT2D eigenvalue weighted by Crippen LogP contribution is -2.14. The van der Waals surface area contributed by atoms with Gasteiger partial charge in [-0.3, -0.25) is 4.79 Å². The van der Waals surface area contributed by atoms with Crippen LogP contribution >= 0.6 is 12.4 Å². The zero-order valence-corrected chi connectivity index (χ0v) is 14.7. The van der Waals surface area contributed by atoms with Crippen molar-refractivity contribution in [3.05, 3.63) is 42.2 Å². The average Bonchev–Trinajstić information content (AvgIpc) is 3.24. The molecule has 0 radical (unpaired) electrons. The van der Waals surface area contributed by atoms with Crippen LogP contribution < -0.4 is 10.6 Å². The fourth-order valence-corrected chi connectivity index (χ4v) is 2.87. The quantitative estimate of drug-likeness (QED) is 0.822. The van der Waals surface area contributed by atoms with E-state index in [0.29, 0.717) is 18.0 Å². The molecule has 2 N–H and O–H groups in total. The molecule has 1 aromatic carbocycles. The molecule has 0 spiro atoms. The van der Waals surface area contributed by atoms with Crippen LogP contribution in [0, 0.1) is 5.92 Å². The highest BCUT2D eigenvalue weighted by atomic mass is 35.5. The largest absolute Gasteiger partial charge is 0.416 e. The second-order valence-electron chi connectivity index (χ2n) is 6.17. The highest BCUT2D eigenvalue weighted by molar-refractivity contribution is 5.90. The maximum atomic E-state index is 12.8. The van der Waals surface area contributed by atoms with Crippen molar-refractivity contribution in [1.29, 1.82) is 0 Å². The summed E-state index contributed by atoms with van der Waals surface area (Å²) in [5.74, 6) is 0.411. The Morgan fingerprint density at radius 1 is 1.38 bits per heavy atom. The minimum Gasteiger partial charge on any atom is -0.323 e. The summed E-state index contributed by atoms with van der Waals surface area (Å²) in [6.07, 6.45) is 0.845. The molecule has 3 rings (SSSR count). The van der Waals surface area contributed by atoms with Crippen LogP contribution in [0.25, 0.3) is 5.69 Å². The second kappa shape index (κ2) is 8.55. The van der Waals surface area contributed by atoms with Crippen molar-refractivity contribution in [3.8, 4) is 5.69 Å². The highest BCUT2D eigenvalue weighted by Crippen LogP contribution is 2.30. The first-order chi connectivity index (χ1) is 11.9. The van der Waals surface area contributed by atoms with Gasteiger partial charge in [-0.2, -0.15) is 18.3 Å². The summed E-state index contributed by atoms with van der Waals surface area (Å²) in [7, 11) is 0. The third-order valence-electron chi connectivity index (χ3n) is 4.25. The van der Waals surface area contributed by atoms with Crippen LogP contribution in [0.4, 0.5) is 18.9 Å². The third kappa shape index (κ3) is 5.22. The van der Waals surface area contributed by atoms with Gasteiger partial charge in [0.2, 0.25) is 5.91 Å². The Balaban J connectivity index is 0.00000243. The average molecular weight is 389 g/mol. The van der Waals surface area contributed by atoms with Crippen molar-refractivity contribution in [3.63, 3.8) is 0 Å². The SMILES string of the molecule is Cl.O=C(CCC1CCNC1)Nc1cnn(-c2cccc(C(F)(F)F)c2)c1. The lowest BCUT2D eigenvalue weighted by Gasteiger charge is -2.08. The molecule has 1 fully saturated rings. The maximum absolute atomic E-state index is 12.8. The lowest BCUT2D eigenvalue weighted by molar-refractivity contribution is -0.137. The van der Waals surface area contributed by atoms with Crippen molar-refractivity contribution in [2.45, 2.75) is 25.4 Å². The molecule has 1 amide bonds. The van der Waals surface area contributed by atoms with E-state index in [4.69, 9.17) is 0 Å².